The molecule has 0 aliphatic carbocycles. The van der Waals surface area contributed by atoms with Crippen LogP contribution in [-0.4, -0.2) is 70.9 Å². The first-order valence-corrected chi connectivity index (χ1v) is 19.0. The van der Waals surface area contributed by atoms with Crippen LogP contribution in [0, 0.1) is 29.6 Å². The summed E-state index contributed by atoms with van der Waals surface area (Å²) in [5.41, 5.74) is 0.373. The summed E-state index contributed by atoms with van der Waals surface area (Å²) >= 11 is 0. The van der Waals surface area contributed by atoms with Crippen molar-refractivity contribution in [3.63, 3.8) is 0 Å². The average Bonchev–Trinajstić information content (AvgIpc) is 3.07. The Morgan fingerprint density at radius 2 is 1.47 bits per heavy atom. The van der Waals surface area contributed by atoms with E-state index in [0.29, 0.717) is 17.9 Å². The molecule has 0 bridgehead atoms. The molecule has 0 spiro atoms. The van der Waals surface area contributed by atoms with E-state index in [1.54, 1.807) is 32.9 Å². The van der Waals surface area contributed by atoms with Crippen LogP contribution >= 0.6 is 0 Å². The molecule has 2 rings (SSSR count). The molecule has 296 valence electrons. The minimum absolute atomic E-state index is 0.00643. The molecule has 13 heteroatoms. The number of ether oxygens (including phenoxy) is 1. The van der Waals surface area contributed by atoms with Crippen LogP contribution in [0.15, 0.2) is 36.0 Å². The summed E-state index contributed by atoms with van der Waals surface area (Å²) in [5.74, 6) is -4.28. The molecule has 1 aliphatic rings. The first kappa shape index (κ1) is 44.7. The van der Waals surface area contributed by atoms with E-state index in [0.717, 1.165) is 19.3 Å². The van der Waals surface area contributed by atoms with Gasteiger partial charge in [-0.05, 0) is 74.5 Å². The van der Waals surface area contributed by atoms with Gasteiger partial charge >= 0.3 is 5.97 Å². The minimum atomic E-state index is -1.39. The molecule has 53 heavy (non-hydrogen) atoms. The zero-order valence-electron chi connectivity index (χ0n) is 33.2. The number of rotatable bonds is 13. The summed E-state index contributed by atoms with van der Waals surface area (Å²) in [6.45, 7) is 18.4. The highest BCUT2D eigenvalue weighted by atomic mass is 16.5. The summed E-state index contributed by atoms with van der Waals surface area (Å²) < 4.78 is 5.69. The van der Waals surface area contributed by atoms with Gasteiger partial charge in [-0.2, -0.15) is 0 Å². The fourth-order valence-electron chi connectivity index (χ4n) is 6.65. The van der Waals surface area contributed by atoms with Gasteiger partial charge in [-0.1, -0.05) is 86.4 Å². The lowest BCUT2D eigenvalue weighted by Crippen LogP contribution is -2.61. The summed E-state index contributed by atoms with van der Waals surface area (Å²) in [6.07, 6.45) is 4.03. The van der Waals surface area contributed by atoms with Crippen LogP contribution in [0.25, 0.3) is 0 Å². The summed E-state index contributed by atoms with van der Waals surface area (Å²) in [7, 11) is 0. The predicted octanol–water partition coefficient (Wildman–Crippen LogP) is 4.03. The van der Waals surface area contributed by atoms with Gasteiger partial charge in [-0.15, -0.1) is 0 Å². The molecule has 3 unspecified atom stereocenters. The number of amides is 5. The quantitative estimate of drug-likeness (QED) is 0.129. The third kappa shape index (κ3) is 14.5. The third-order valence-electron chi connectivity index (χ3n) is 9.49. The van der Waals surface area contributed by atoms with Gasteiger partial charge in [0.25, 0.3) is 0 Å². The molecule has 0 aromatic heterocycles. The van der Waals surface area contributed by atoms with Crippen molar-refractivity contribution in [1.82, 2.24) is 26.6 Å². The average molecular weight is 742 g/mol. The van der Waals surface area contributed by atoms with Crippen molar-refractivity contribution < 1.29 is 38.6 Å². The zero-order chi connectivity index (χ0) is 40.0. The lowest BCUT2D eigenvalue weighted by molar-refractivity contribution is -0.150. The van der Waals surface area contributed by atoms with Crippen LogP contribution in [0.5, 0.6) is 5.75 Å². The van der Waals surface area contributed by atoms with E-state index in [1.165, 1.54) is 32.1 Å². The number of benzene rings is 1. The van der Waals surface area contributed by atoms with Crippen molar-refractivity contribution in [2.45, 2.75) is 138 Å². The van der Waals surface area contributed by atoms with Gasteiger partial charge in [0, 0.05) is 12.3 Å². The molecule has 1 aliphatic heterocycles. The standard InChI is InChI=1S/C40H63N5O8/c1-11-13-24(7)19-25(8)20-26(9)35(47)45-34-27(10)53-40(52)30(12-2)41-36(48)32(21-28-14-16-29(46)17-15-28)43-38(50)33(23(5)6)44-37(49)31(18-22(3)4)42-39(34)51/h12,14-17,22-27,31-34,46H,11,13,18-21H2,1-10H3,(H,41,48)(H,42,51)(H,43,50)(H,44,49)(H,45,47)/b30-12-/t24?,25?,26?,27-,31+,32-,33+,34+/m1/s1. The number of carbonyl (C=O) groups excluding carboxylic acids is 6. The van der Waals surface area contributed by atoms with Crippen LogP contribution in [0.3, 0.4) is 0 Å². The number of hydrogen-bond donors (Lipinski definition) is 6. The zero-order valence-corrected chi connectivity index (χ0v) is 33.2. The van der Waals surface area contributed by atoms with E-state index in [4.69, 9.17) is 4.74 Å². The molecule has 1 saturated heterocycles. The Bertz CT molecular complexity index is 1440. The van der Waals surface area contributed by atoms with Crippen molar-refractivity contribution in [2.24, 2.45) is 29.6 Å². The molecule has 1 heterocycles. The van der Waals surface area contributed by atoms with Crippen LogP contribution in [-0.2, 0) is 39.9 Å². The smallest absolute Gasteiger partial charge is 0.354 e. The lowest BCUT2D eigenvalue weighted by atomic mass is 9.87. The van der Waals surface area contributed by atoms with E-state index in [9.17, 15) is 33.9 Å². The first-order chi connectivity index (χ1) is 24.9. The van der Waals surface area contributed by atoms with E-state index in [-0.39, 0.29) is 36.1 Å². The second-order valence-electron chi connectivity index (χ2n) is 15.5. The largest absolute Gasteiger partial charge is 0.508 e. The first-order valence-electron chi connectivity index (χ1n) is 19.0. The van der Waals surface area contributed by atoms with Crippen LogP contribution in [0.1, 0.15) is 107 Å². The summed E-state index contributed by atoms with van der Waals surface area (Å²) in [6, 6.07) is 1.31. The summed E-state index contributed by atoms with van der Waals surface area (Å²) in [4.78, 5) is 82.4. The van der Waals surface area contributed by atoms with Gasteiger partial charge < -0.3 is 36.4 Å². The van der Waals surface area contributed by atoms with E-state index in [2.05, 4.69) is 47.4 Å². The molecule has 6 N–H and O–H groups in total. The Hall–Kier alpha value is -4.42. The molecule has 1 aromatic rings. The van der Waals surface area contributed by atoms with Crippen molar-refractivity contribution in [2.75, 3.05) is 0 Å². The topological polar surface area (TPSA) is 192 Å². The SMILES string of the molecule is C/C=C1\NC(=O)[C@@H](Cc2ccc(O)cc2)NC(=O)[C@H](C(C)C)NC(=O)[C@H](CC(C)C)NC(=O)[C@@H](NC(=O)C(C)CC(C)CC(C)CCC)[C@@H](C)OC1=O. The van der Waals surface area contributed by atoms with Crippen molar-refractivity contribution >= 4 is 35.5 Å². The maximum absolute atomic E-state index is 14.0. The molecule has 0 saturated carbocycles. The number of aromatic hydroxyl groups is 1. The second kappa shape index (κ2) is 21.3. The molecule has 1 fully saturated rings. The minimum Gasteiger partial charge on any atom is -0.508 e. The highest BCUT2D eigenvalue weighted by molar-refractivity contribution is 5.99. The van der Waals surface area contributed by atoms with Crippen LogP contribution < -0.4 is 26.6 Å². The Balaban J connectivity index is 2.54. The number of esters is 1. The predicted molar refractivity (Wildman–Crippen MR) is 203 cm³/mol. The second-order valence-corrected chi connectivity index (χ2v) is 15.5. The fraction of sp³-hybridized carbons (Fsp3) is 0.650. The van der Waals surface area contributed by atoms with Gasteiger partial charge in [0.2, 0.25) is 29.5 Å². The van der Waals surface area contributed by atoms with E-state index >= 15 is 0 Å². The number of carbonyl (C=O) groups is 6. The van der Waals surface area contributed by atoms with Gasteiger partial charge in [0.1, 0.15) is 41.7 Å². The van der Waals surface area contributed by atoms with Crippen molar-refractivity contribution in [3.8, 4) is 5.75 Å². The molecular weight excluding hydrogens is 678 g/mol. The number of phenols is 1. The Morgan fingerprint density at radius 1 is 0.849 bits per heavy atom. The Kier molecular flexibility index (Phi) is 18.0. The third-order valence-corrected chi connectivity index (χ3v) is 9.49. The number of hydrogen-bond acceptors (Lipinski definition) is 8. The maximum atomic E-state index is 14.0. The van der Waals surface area contributed by atoms with Crippen molar-refractivity contribution in [3.05, 3.63) is 41.6 Å². The highest BCUT2D eigenvalue weighted by Crippen LogP contribution is 2.23. The molecule has 8 atom stereocenters. The van der Waals surface area contributed by atoms with Gasteiger partial charge in [-0.3, -0.25) is 24.0 Å². The van der Waals surface area contributed by atoms with Crippen LogP contribution in [0.4, 0.5) is 0 Å². The number of nitrogens with one attached hydrogen (secondary N) is 5. The summed E-state index contributed by atoms with van der Waals surface area (Å²) in [5, 5.41) is 23.3. The van der Waals surface area contributed by atoms with Gasteiger partial charge in [-0.25, -0.2) is 4.79 Å². The molecule has 13 nitrogen and oxygen atoms in total. The van der Waals surface area contributed by atoms with Crippen molar-refractivity contribution in [1.29, 1.82) is 0 Å². The normalized spacial score (nSPS) is 24.8. The number of phenolic OH excluding ortho intramolecular Hbond substituents is 1. The monoisotopic (exact) mass is 741 g/mol. The molecule has 5 amide bonds. The number of allylic oxidation sites excluding steroid dienone is 1. The Labute approximate surface area is 315 Å². The molecule has 0 radical (unpaired) electrons. The fourth-order valence-corrected chi connectivity index (χ4v) is 6.65. The van der Waals surface area contributed by atoms with Crippen LogP contribution in [0.2, 0.25) is 0 Å². The highest BCUT2D eigenvalue weighted by Gasteiger charge is 2.37. The maximum Gasteiger partial charge on any atom is 0.354 e. The van der Waals surface area contributed by atoms with Gasteiger partial charge in [0.15, 0.2) is 0 Å². The molecule has 1 aromatic carbocycles. The lowest BCUT2D eigenvalue weighted by Gasteiger charge is -2.31. The Morgan fingerprint density at radius 3 is 2.04 bits per heavy atom. The van der Waals surface area contributed by atoms with E-state index < -0.39 is 77.6 Å². The van der Waals surface area contributed by atoms with E-state index in [1.807, 2.05) is 13.8 Å². The van der Waals surface area contributed by atoms with Gasteiger partial charge in [0.05, 0.1) is 0 Å². The molecular formula is C40H63N5O8. The number of cyclic esters (lactones) is 1.